The van der Waals surface area contributed by atoms with Gasteiger partial charge in [-0.2, -0.15) is 0 Å². The average Bonchev–Trinajstić information content (AvgIpc) is 2.14. The van der Waals surface area contributed by atoms with Crippen molar-refractivity contribution >= 4 is 11.9 Å². The second kappa shape index (κ2) is 3.92. The number of hydrogen-bond donors (Lipinski definition) is 2. The quantitative estimate of drug-likeness (QED) is 0.811. The third-order valence-corrected chi connectivity index (χ3v) is 2.92. The summed E-state index contributed by atoms with van der Waals surface area (Å²) in [6, 6.07) is 1.43. The first kappa shape index (κ1) is 10.6. The van der Waals surface area contributed by atoms with Crippen LogP contribution in [0.15, 0.2) is 12.3 Å². The van der Waals surface area contributed by atoms with Crippen molar-refractivity contribution < 1.29 is 19.8 Å². The van der Waals surface area contributed by atoms with Gasteiger partial charge in [-0.3, -0.25) is 0 Å². The fourth-order valence-corrected chi connectivity index (χ4v) is 1.78. The van der Waals surface area contributed by atoms with E-state index >= 15 is 0 Å². The van der Waals surface area contributed by atoms with Crippen molar-refractivity contribution in [3.63, 3.8) is 0 Å². The van der Waals surface area contributed by atoms with Gasteiger partial charge in [-0.25, -0.2) is 14.6 Å². The predicted octanol–water partition coefficient (Wildman–Crippen LogP) is 1.75. The van der Waals surface area contributed by atoms with E-state index in [-0.39, 0.29) is 5.56 Å². The van der Waals surface area contributed by atoms with Crippen molar-refractivity contribution in [1.29, 1.82) is 0 Å². The Hall–Kier alpha value is -1.91. The number of aromatic carboxylic acids is 2. The van der Waals surface area contributed by atoms with E-state index in [1.54, 1.807) is 0 Å². The van der Waals surface area contributed by atoms with Gasteiger partial charge >= 0.3 is 11.9 Å². The van der Waals surface area contributed by atoms with Crippen LogP contribution < -0.4 is 0 Å². The molecule has 1 aliphatic rings. The van der Waals surface area contributed by atoms with Gasteiger partial charge in [-0.05, 0) is 30.4 Å². The van der Waals surface area contributed by atoms with Gasteiger partial charge in [0.1, 0.15) is 0 Å². The minimum Gasteiger partial charge on any atom is -0.478 e. The predicted molar refractivity (Wildman–Crippen MR) is 54.7 cm³/mol. The van der Waals surface area contributed by atoms with Crippen LogP contribution in [0.2, 0.25) is 0 Å². The lowest BCUT2D eigenvalue weighted by Crippen LogP contribution is -2.15. The zero-order valence-electron chi connectivity index (χ0n) is 8.51. The SMILES string of the molecule is O=C(O)c1cc(C2CCC2)cnc1C(=O)O. The van der Waals surface area contributed by atoms with Crippen LogP contribution in [0.25, 0.3) is 0 Å². The van der Waals surface area contributed by atoms with E-state index in [2.05, 4.69) is 4.98 Å². The maximum absolute atomic E-state index is 10.9. The van der Waals surface area contributed by atoms with E-state index in [0.29, 0.717) is 5.92 Å². The molecule has 1 aromatic heterocycles. The lowest BCUT2D eigenvalue weighted by atomic mass is 9.80. The molecule has 0 radical (unpaired) electrons. The number of carbonyl (C=O) groups is 2. The maximum Gasteiger partial charge on any atom is 0.355 e. The number of hydrogen-bond acceptors (Lipinski definition) is 3. The van der Waals surface area contributed by atoms with Crippen molar-refractivity contribution in [2.75, 3.05) is 0 Å². The molecule has 0 spiro atoms. The van der Waals surface area contributed by atoms with Crippen LogP contribution in [-0.2, 0) is 0 Å². The van der Waals surface area contributed by atoms with E-state index in [1.807, 2.05) is 0 Å². The Balaban J connectivity index is 2.42. The number of pyridine rings is 1. The Kier molecular flexibility index (Phi) is 2.60. The Morgan fingerprint density at radius 1 is 1.25 bits per heavy atom. The van der Waals surface area contributed by atoms with Gasteiger partial charge in [0.2, 0.25) is 0 Å². The van der Waals surface area contributed by atoms with Gasteiger partial charge in [0, 0.05) is 6.20 Å². The van der Waals surface area contributed by atoms with E-state index in [9.17, 15) is 9.59 Å². The highest BCUT2D eigenvalue weighted by Crippen LogP contribution is 2.36. The van der Waals surface area contributed by atoms with Gasteiger partial charge in [0.05, 0.1) is 5.56 Å². The van der Waals surface area contributed by atoms with Crippen LogP contribution in [0.5, 0.6) is 0 Å². The molecule has 0 unspecified atom stereocenters. The molecule has 1 fully saturated rings. The molecule has 0 atom stereocenters. The van der Waals surface area contributed by atoms with Crippen molar-refractivity contribution in [1.82, 2.24) is 4.98 Å². The summed E-state index contributed by atoms with van der Waals surface area (Å²) in [6.07, 6.45) is 4.65. The Bertz CT molecular complexity index is 451. The number of carboxylic acid groups (broad SMARTS) is 2. The molecule has 1 aromatic rings. The average molecular weight is 221 g/mol. The topological polar surface area (TPSA) is 87.5 Å². The molecule has 5 nitrogen and oxygen atoms in total. The molecule has 5 heteroatoms. The summed E-state index contributed by atoms with van der Waals surface area (Å²) in [5.74, 6) is -2.21. The first-order valence-electron chi connectivity index (χ1n) is 5.06. The lowest BCUT2D eigenvalue weighted by Gasteiger charge is -2.25. The van der Waals surface area contributed by atoms with E-state index in [0.717, 1.165) is 24.8 Å². The van der Waals surface area contributed by atoms with Crippen LogP contribution >= 0.6 is 0 Å². The highest BCUT2D eigenvalue weighted by Gasteiger charge is 2.24. The van der Waals surface area contributed by atoms with Crippen molar-refractivity contribution in [3.8, 4) is 0 Å². The second-order valence-electron chi connectivity index (χ2n) is 3.90. The molecule has 1 saturated carbocycles. The largest absolute Gasteiger partial charge is 0.478 e. The van der Waals surface area contributed by atoms with Crippen molar-refractivity contribution in [2.24, 2.45) is 0 Å². The number of rotatable bonds is 3. The van der Waals surface area contributed by atoms with Gasteiger partial charge in [-0.1, -0.05) is 6.42 Å². The van der Waals surface area contributed by atoms with Crippen LogP contribution in [-0.4, -0.2) is 27.1 Å². The summed E-state index contributed by atoms with van der Waals surface area (Å²) >= 11 is 0. The third-order valence-electron chi connectivity index (χ3n) is 2.92. The monoisotopic (exact) mass is 221 g/mol. The van der Waals surface area contributed by atoms with E-state index in [4.69, 9.17) is 10.2 Å². The first-order chi connectivity index (χ1) is 7.59. The summed E-state index contributed by atoms with van der Waals surface area (Å²) in [5.41, 5.74) is 0.209. The van der Waals surface area contributed by atoms with Crippen molar-refractivity contribution in [2.45, 2.75) is 25.2 Å². The number of carboxylic acids is 2. The zero-order chi connectivity index (χ0) is 11.7. The minimum atomic E-state index is -1.31. The Morgan fingerprint density at radius 2 is 1.94 bits per heavy atom. The smallest absolute Gasteiger partial charge is 0.355 e. The molecule has 16 heavy (non-hydrogen) atoms. The second-order valence-corrected chi connectivity index (χ2v) is 3.90. The summed E-state index contributed by atoms with van der Waals surface area (Å²) in [7, 11) is 0. The maximum atomic E-state index is 10.9. The van der Waals surface area contributed by atoms with Crippen LogP contribution in [0.3, 0.4) is 0 Å². The standard InChI is InChI=1S/C11H11NO4/c13-10(14)8-4-7(6-2-1-3-6)5-12-9(8)11(15)16/h4-6H,1-3H2,(H,13,14)(H,15,16). The fourth-order valence-electron chi connectivity index (χ4n) is 1.78. The molecule has 84 valence electrons. The van der Waals surface area contributed by atoms with Gasteiger partial charge in [0.25, 0.3) is 0 Å². The molecule has 0 bridgehead atoms. The summed E-state index contributed by atoms with van der Waals surface area (Å²) in [5, 5.41) is 17.7. The molecular formula is C11H11NO4. The Morgan fingerprint density at radius 3 is 2.38 bits per heavy atom. The van der Waals surface area contributed by atoms with Gasteiger partial charge in [0.15, 0.2) is 5.69 Å². The molecule has 0 aliphatic heterocycles. The van der Waals surface area contributed by atoms with Gasteiger partial charge in [-0.15, -0.1) is 0 Å². The summed E-state index contributed by atoms with van der Waals surface area (Å²) < 4.78 is 0. The lowest BCUT2D eigenvalue weighted by molar-refractivity contribution is 0.0646. The molecular weight excluding hydrogens is 210 g/mol. The molecule has 0 aromatic carbocycles. The normalized spacial score (nSPS) is 15.5. The molecule has 0 amide bonds. The highest BCUT2D eigenvalue weighted by atomic mass is 16.4. The minimum absolute atomic E-state index is 0.225. The summed E-state index contributed by atoms with van der Waals surface area (Å²) in [4.78, 5) is 25.4. The van der Waals surface area contributed by atoms with Crippen molar-refractivity contribution in [3.05, 3.63) is 29.1 Å². The van der Waals surface area contributed by atoms with E-state index in [1.165, 1.54) is 12.3 Å². The van der Waals surface area contributed by atoms with Gasteiger partial charge < -0.3 is 10.2 Å². The van der Waals surface area contributed by atoms with Crippen LogP contribution in [0.4, 0.5) is 0 Å². The third kappa shape index (κ3) is 1.76. The zero-order valence-corrected chi connectivity index (χ0v) is 8.51. The number of nitrogens with zero attached hydrogens (tertiary/aromatic N) is 1. The highest BCUT2D eigenvalue weighted by molar-refractivity contribution is 6.00. The molecule has 1 heterocycles. The molecule has 1 aliphatic carbocycles. The van der Waals surface area contributed by atoms with E-state index < -0.39 is 17.6 Å². The first-order valence-corrected chi connectivity index (χ1v) is 5.06. The van der Waals surface area contributed by atoms with Crippen LogP contribution in [0.1, 0.15) is 51.6 Å². The van der Waals surface area contributed by atoms with Crippen LogP contribution in [0, 0.1) is 0 Å². The molecule has 2 rings (SSSR count). The summed E-state index contributed by atoms with van der Waals surface area (Å²) in [6.45, 7) is 0. The Labute approximate surface area is 91.7 Å². The molecule has 2 N–H and O–H groups in total. The molecule has 0 saturated heterocycles. The number of aromatic nitrogens is 1. The fraction of sp³-hybridized carbons (Fsp3) is 0.364.